The van der Waals surface area contributed by atoms with E-state index < -0.39 is 5.60 Å². The summed E-state index contributed by atoms with van der Waals surface area (Å²) < 4.78 is 24.3. The van der Waals surface area contributed by atoms with Crippen molar-refractivity contribution in [3.05, 3.63) is 77.2 Å². The number of ether oxygens (including phenoxy) is 2. The van der Waals surface area contributed by atoms with E-state index >= 15 is 0 Å². The van der Waals surface area contributed by atoms with E-state index in [0.29, 0.717) is 28.5 Å². The van der Waals surface area contributed by atoms with Crippen molar-refractivity contribution < 1.29 is 28.9 Å². The van der Waals surface area contributed by atoms with Gasteiger partial charge >= 0.3 is 0 Å². The van der Waals surface area contributed by atoms with Crippen LogP contribution in [0.15, 0.2) is 54.6 Å². The number of benzene rings is 2. The second kappa shape index (κ2) is 11.0. The third-order valence-electron chi connectivity index (χ3n) is 6.97. The molecule has 0 saturated carbocycles. The Labute approximate surface area is 216 Å². The fraction of sp³-hybridized carbons (Fsp3) is 0.379. The van der Waals surface area contributed by atoms with Crippen molar-refractivity contribution in [1.82, 2.24) is 10.3 Å². The highest BCUT2D eigenvalue weighted by Gasteiger charge is 2.36. The van der Waals surface area contributed by atoms with Crippen LogP contribution < -0.4 is 14.8 Å². The van der Waals surface area contributed by atoms with Gasteiger partial charge in [-0.25, -0.2) is 9.37 Å². The first-order valence-corrected chi connectivity index (χ1v) is 12.4. The zero-order valence-corrected chi connectivity index (χ0v) is 21.4. The molecule has 1 unspecified atom stereocenters. The van der Waals surface area contributed by atoms with Crippen LogP contribution in [0, 0.1) is 5.82 Å². The van der Waals surface area contributed by atoms with Gasteiger partial charge in [-0.2, -0.15) is 0 Å². The Bertz CT molecular complexity index is 1260. The Kier molecular flexibility index (Phi) is 7.92. The molecule has 1 saturated heterocycles. The van der Waals surface area contributed by atoms with Crippen LogP contribution in [0.5, 0.6) is 11.5 Å². The van der Waals surface area contributed by atoms with Crippen LogP contribution in [-0.2, 0) is 11.1 Å². The van der Waals surface area contributed by atoms with Gasteiger partial charge in [0.15, 0.2) is 17.3 Å². The number of carbonyl (C=O) groups excluding carboxylic acids is 1. The highest BCUT2D eigenvalue weighted by atomic mass is 19.1. The number of aliphatic hydroxyl groups excluding tert-OH is 1. The van der Waals surface area contributed by atoms with E-state index in [9.17, 15) is 14.3 Å². The van der Waals surface area contributed by atoms with Crippen molar-refractivity contribution >= 4 is 5.78 Å². The highest BCUT2D eigenvalue weighted by Crippen LogP contribution is 2.36. The molecular formula is C29H33FN2O5. The van der Waals surface area contributed by atoms with Gasteiger partial charge in [0.05, 0.1) is 25.1 Å². The SMILES string of the molecule is COc1cc(C(=O)CCC(C)(O)c2cc([C@]3(C)CCN3)cc(-c3ccc(F)cc3)n2)ccc1OCCO. The molecule has 0 radical (unpaired) electrons. The molecule has 2 aromatic carbocycles. The van der Waals surface area contributed by atoms with Crippen LogP contribution in [0.25, 0.3) is 11.3 Å². The molecule has 3 aromatic rings. The minimum absolute atomic E-state index is 0.0836. The highest BCUT2D eigenvalue weighted by molar-refractivity contribution is 5.96. The summed E-state index contributed by atoms with van der Waals surface area (Å²) in [6, 6.07) is 14.8. The number of halogens is 1. The number of pyridine rings is 1. The monoisotopic (exact) mass is 508 g/mol. The van der Waals surface area contributed by atoms with E-state index in [2.05, 4.69) is 12.2 Å². The maximum Gasteiger partial charge on any atom is 0.163 e. The first kappa shape index (κ1) is 26.7. The third-order valence-corrected chi connectivity index (χ3v) is 6.97. The second-order valence-electron chi connectivity index (χ2n) is 9.78. The predicted molar refractivity (Wildman–Crippen MR) is 138 cm³/mol. The fourth-order valence-corrected chi connectivity index (χ4v) is 4.39. The Hall–Kier alpha value is -3.33. The number of carbonyl (C=O) groups is 1. The van der Waals surface area contributed by atoms with Crippen LogP contribution in [0.2, 0.25) is 0 Å². The van der Waals surface area contributed by atoms with E-state index in [1.54, 1.807) is 37.3 Å². The summed E-state index contributed by atoms with van der Waals surface area (Å²) in [5.74, 6) is 0.343. The number of Topliss-reactive ketones (excluding diaryl/α,β-unsaturated/α-hetero) is 1. The molecule has 8 heteroatoms. The number of aromatic nitrogens is 1. The van der Waals surface area contributed by atoms with Gasteiger partial charge in [0.1, 0.15) is 18.0 Å². The molecule has 0 bridgehead atoms. The molecule has 1 fully saturated rings. The maximum atomic E-state index is 13.5. The number of aliphatic hydroxyl groups is 2. The largest absolute Gasteiger partial charge is 0.493 e. The number of methoxy groups -OCH3 is 1. The van der Waals surface area contributed by atoms with Crippen molar-refractivity contribution in [3.63, 3.8) is 0 Å². The van der Waals surface area contributed by atoms with E-state index in [-0.39, 0.29) is 43.2 Å². The summed E-state index contributed by atoms with van der Waals surface area (Å²) in [6.45, 7) is 4.64. The third kappa shape index (κ3) is 5.98. The normalized spacial score (nSPS) is 18.5. The summed E-state index contributed by atoms with van der Waals surface area (Å²) in [5.41, 5.74) is 1.63. The quantitative estimate of drug-likeness (QED) is 0.331. The summed E-state index contributed by atoms with van der Waals surface area (Å²) in [4.78, 5) is 17.7. The molecule has 7 nitrogen and oxygen atoms in total. The molecule has 196 valence electrons. The molecule has 0 amide bonds. The molecule has 2 atom stereocenters. The Morgan fingerprint density at radius 1 is 1.16 bits per heavy atom. The molecule has 2 heterocycles. The van der Waals surface area contributed by atoms with Gasteiger partial charge in [0, 0.05) is 23.1 Å². The van der Waals surface area contributed by atoms with Crippen LogP contribution in [0.3, 0.4) is 0 Å². The summed E-state index contributed by atoms with van der Waals surface area (Å²) in [6.07, 6.45) is 1.18. The standard InChI is InChI=1S/C29H33FN2O5/c1-28(12-13-31-28)21-17-23(19-4-7-22(30)8-5-19)32-27(18-21)29(2,35)11-10-24(34)20-6-9-25(37-15-14-33)26(16-20)36-3/h4-9,16-18,31,33,35H,10-15H2,1-3H3/t28-,29?/m0/s1. The lowest BCUT2D eigenvalue weighted by Gasteiger charge is -2.41. The van der Waals surface area contributed by atoms with E-state index in [0.717, 1.165) is 24.1 Å². The Morgan fingerprint density at radius 3 is 2.51 bits per heavy atom. The van der Waals surface area contributed by atoms with E-state index in [4.69, 9.17) is 19.6 Å². The van der Waals surface area contributed by atoms with Crippen molar-refractivity contribution in [1.29, 1.82) is 0 Å². The maximum absolute atomic E-state index is 13.5. The van der Waals surface area contributed by atoms with Gasteiger partial charge in [-0.3, -0.25) is 4.79 Å². The summed E-state index contributed by atoms with van der Waals surface area (Å²) >= 11 is 0. The molecule has 3 N–H and O–H groups in total. The molecule has 4 rings (SSSR count). The first-order chi connectivity index (χ1) is 17.6. The minimum atomic E-state index is -1.38. The van der Waals surface area contributed by atoms with Crippen molar-refractivity contribution in [2.75, 3.05) is 26.9 Å². The number of rotatable bonds is 11. The van der Waals surface area contributed by atoms with Gasteiger partial charge in [0.25, 0.3) is 0 Å². The number of ketones is 1. The lowest BCUT2D eigenvalue weighted by atomic mass is 9.81. The minimum Gasteiger partial charge on any atom is -0.493 e. The van der Waals surface area contributed by atoms with Gasteiger partial charge in [-0.1, -0.05) is 0 Å². The fourth-order valence-electron chi connectivity index (χ4n) is 4.39. The lowest BCUT2D eigenvalue weighted by molar-refractivity contribution is 0.0395. The van der Waals surface area contributed by atoms with Gasteiger partial charge < -0.3 is 25.0 Å². The second-order valence-corrected chi connectivity index (χ2v) is 9.78. The Balaban J connectivity index is 1.57. The average Bonchev–Trinajstić information content (AvgIpc) is 2.89. The van der Waals surface area contributed by atoms with Gasteiger partial charge in [-0.05, 0) is 93.4 Å². The van der Waals surface area contributed by atoms with Crippen molar-refractivity contribution in [2.24, 2.45) is 0 Å². The zero-order valence-electron chi connectivity index (χ0n) is 21.4. The number of hydrogen-bond acceptors (Lipinski definition) is 7. The van der Waals surface area contributed by atoms with E-state index in [1.807, 2.05) is 12.1 Å². The molecule has 1 aromatic heterocycles. The van der Waals surface area contributed by atoms with Gasteiger partial charge in [-0.15, -0.1) is 0 Å². The lowest BCUT2D eigenvalue weighted by Crippen LogP contribution is -2.51. The topological polar surface area (TPSA) is 101 Å². The average molecular weight is 509 g/mol. The molecule has 1 aliphatic rings. The molecular weight excluding hydrogens is 475 g/mol. The summed E-state index contributed by atoms with van der Waals surface area (Å²) in [7, 11) is 1.48. The van der Waals surface area contributed by atoms with Crippen LogP contribution in [-0.4, -0.2) is 47.8 Å². The summed E-state index contributed by atoms with van der Waals surface area (Å²) in [5, 5.41) is 23.9. The Morgan fingerprint density at radius 2 is 1.89 bits per heavy atom. The van der Waals surface area contributed by atoms with Crippen LogP contribution >= 0.6 is 0 Å². The predicted octanol–water partition coefficient (Wildman–Crippen LogP) is 4.35. The number of hydrogen-bond donors (Lipinski definition) is 3. The van der Waals surface area contributed by atoms with Crippen molar-refractivity contribution in [2.45, 2.75) is 44.2 Å². The smallest absolute Gasteiger partial charge is 0.163 e. The number of nitrogens with zero attached hydrogens (tertiary/aromatic N) is 1. The van der Waals surface area contributed by atoms with Crippen molar-refractivity contribution in [3.8, 4) is 22.8 Å². The first-order valence-electron chi connectivity index (χ1n) is 12.4. The molecule has 37 heavy (non-hydrogen) atoms. The molecule has 0 aliphatic carbocycles. The number of nitrogens with one attached hydrogen (secondary N) is 1. The van der Waals surface area contributed by atoms with Gasteiger partial charge in [0.2, 0.25) is 0 Å². The molecule has 0 spiro atoms. The van der Waals surface area contributed by atoms with Crippen LogP contribution in [0.1, 0.15) is 54.7 Å². The molecule has 1 aliphatic heterocycles. The van der Waals surface area contributed by atoms with E-state index in [1.165, 1.54) is 19.2 Å². The zero-order chi connectivity index (χ0) is 26.6. The van der Waals surface area contributed by atoms with Crippen LogP contribution in [0.4, 0.5) is 4.39 Å².